The van der Waals surface area contributed by atoms with Gasteiger partial charge in [-0.05, 0) is 42.3 Å². The predicted molar refractivity (Wildman–Crippen MR) is 154 cm³/mol. The molecule has 0 aromatic heterocycles. The average molecular weight is 574 g/mol. The summed E-state index contributed by atoms with van der Waals surface area (Å²) in [6, 6.07) is 23.0. The maximum atomic E-state index is 13.9. The molecule has 5 N–H and O–H groups in total. The van der Waals surface area contributed by atoms with Crippen molar-refractivity contribution >= 4 is 7.37 Å². The van der Waals surface area contributed by atoms with Crippen molar-refractivity contribution in [3.8, 4) is 17.2 Å². The van der Waals surface area contributed by atoms with Crippen LogP contribution in [0.25, 0.3) is 0 Å². The van der Waals surface area contributed by atoms with Crippen LogP contribution in [-0.4, -0.2) is 57.7 Å². The summed E-state index contributed by atoms with van der Waals surface area (Å²) >= 11 is 0. The molecule has 0 amide bonds. The predicted octanol–water partition coefficient (Wildman–Crippen LogP) is 4.62. The molecule has 0 heterocycles. The van der Waals surface area contributed by atoms with Crippen molar-refractivity contribution < 1.29 is 39.0 Å². The Balaban J connectivity index is 1.66. The SMILES string of the molecule is CCCC(NCC(O)COc1ccc(O)c(CO)c1)(Oc1ccccc1)P(=O)(O)CCCOCc1ccccc1. The third-order valence-electron chi connectivity index (χ3n) is 6.32. The molecule has 10 heteroatoms. The number of aliphatic hydroxyl groups excluding tert-OH is 2. The summed E-state index contributed by atoms with van der Waals surface area (Å²) in [6.07, 6.45) is 0.0542. The van der Waals surface area contributed by atoms with Gasteiger partial charge >= 0.3 is 0 Å². The fourth-order valence-corrected chi connectivity index (χ4v) is 6.28. The number of hydrogen-bond acceptors (Lipinski definition) is 8. The standard InChI is InChI=1S/C30H40NO8P/c1-2-16-30(39-27-12-7-4-8-13-27,40(35,36)18-9-17-37-22-24-10-5-3-6-11-24)31-20-26(33)23-38-28-14-15-29(34)25(19-28)21-32/h3-8,10-15,19,26,31-34H,2,9,16-18,20-23H2,1H3,(H,35,36). The highest BCUT2D eigenvalue weighted by Crippen LogP contribution is 2.56. The van der Waals surface area contributed by atoms with Crippen molar-refractivity contribution in [3.63, 3.8) is 0 Å². The molecule has 0 saturated heterocycles. The van der Waals surface area contributed by atoms with Gasteiger partial charge < -0.3 is 34.4 Å². The maximum Gasteiger partial charge on any atom is 0.257 e. The van der Waals surface area contributed by atoms with Crippen LogP contribution >= 0.6 is 7.37 Å². The summed E-state index contributed by atoms with van der Waals surface area (Å²) in [5.41, 5.74) is -0.302. The monoisotopic (exact) mass is 573 g/mol. The smallest absolute Gasteiger partial charge is 0.257 e. The fourth-order valence-electron chi connectivity index (χ4n) is 4.20. The van der Waals surface area contributed by atoms with E-state index in [-0.39, 0.29) is 38.1 Å². The Kier molecular flexibility index (Phi) is 12.5. The van der Waals surface area contributed by atoms with E-state index in [1.165, 1.54) is 18.2 Å². The number of nitrogens with one attached hydrogen (secondary N) is 1. The van der Waals surface area contributed by atoms with Crippen LogP contribution < -0.4 is 14.8 Å². The van der Waals surface area contributed by atoms with Gasteiger partial charge in [-0.15, -0.1) is 0 Å². The Bertz CT molecular complexity index is 1200. The zero-order valence-corrected chi connectivity index (χ0v) is 23.7. The van der Waals surface area contributed by atoms with Crippen molar-refractivity contribution in [3.05, 3.63) is 90.0 Å². The van der Waals surface area contributed by atoms with Crippen LogP contribution in [0.15, 0.2) is 78.9 Å². The van der Waals surface area contributed by atoms with E-state index in [4.69, 9.17) is 14.2 Å². The second-order valence-corrected chi connectivity index (χ2v) is 12.1. The van der Waals surface area contributed by atoms with E-state index in [2.05, 4.69) is 5.32 Å². The van der Waals surface area contributed by atoms with E-state index in [0.29, 0.717) is 43.1 Å². The first-order valence-electron chi connectivity index (χ1n) is 13.4. The lowest BCUT2D eigenvalue weighted by Gasteiger charge is -2.39. The van der Waals surface area contributed by atoms with Crippen molar-refractivity contribution in [2.75, 3.05) is 25.9 Å². The molecule has 0 aliphatic rings. The third-order valence-corrected chi connectivity index (χ3v) is 8.85. The molecule has 3 aromatic carbocycles. The van der Waals surface area contributed by atoms with Gasteiger partial charge in [0.05, 0.1) is 13.2 Å². The first kappa shape index (κ1) is 31.6. The zero-order chi connectivity index (χ0) is 28.8. The summed E-state index contributed by atoms with van der Waals surface area (Å²) in [6.45, 7) is 2.07. The lowest BCUT2D eigenvalue weighted by Crippen LogP contribution is -2.53. The molecule has 9 nitrogen and oxygen atoms in total. The van der Waals surface area contributed by atoms with E-state index in [1.807, 2.05) is 43.3 Å². The molecule has 40 heavy (non-hydrogen) atoms. The minimum Gasteiger partial charge on any atom is -0.508 e. The Morgan fingerprint density at radius 2 is 1.70 bits per heavy atom. The Labute approximate surface area is 235 Å². The number of phenols is 1. The molecule has 3 rings (SSSR count). The van der Waals surface area contributed by atoms with Crippen LogP contribution in [0, 0.1) is 0 Å². The molecular weight excluding hydrogens is 533 g/mol. The number of hydrogen-bond donors (Lipinski definition) is 5. The van der Waals surface area contributed by atoms with Crippen molar-refractivity contribution in [2.24, 2.45) is 0 Å². The Morgan fingerprint density at radius 1 is 1.00 bits per heavy atom. The quantitative estimate of drug-likeness (QED) is 0.0838. The number of rotatable bonds is 18. The molecule has 0 fully saturated rings. The molecular formula is C30H40NO8P. The van der Waals surface area contributed by atoms with Crippen molar-refractivity contribution in [1.29, 1.82) is 0 Å². The van der Waals surface area contributed by atoms with Crippen molar-refractivity contribution in [2.45, 2.75) is 51.0 Å². The van der Waals surface area contributed by atoms with Gasteiger partial charge in [-0.1, -0.05) is 61.9 Å². The van der Waals surface area contributed by atoms with E-state index in [9.17, 15) is 24.8 Å². The van der Waals surface area contributed by atoms with E-state index in [0.717, 1.165) is 5.56 Å². The Hall–Kier alpha value is -2.91. The second-order valence-electron chi connectivity index (χ2n) is 9.56. The molecule has 0 aliphatic heterocycles. The molecule has 0 radical (unpaired) electrons. The van der Waals surface area contributed by atoms with Crippen LogP contribution in [0.3, 0.4) is 0 Å². The first-order chi connectivity index (χ1) is 19.3. The highest BCUT2D eigenvalue weighted by molar-refractivity contribution is 7.59. The molecule has 3 atom stereocenters. The van der Waals surface area contributed by atoms with Gasteiger partial charge in [0, 0.05) is 31.3 Å². The number of aliphatic hydroxyl groups is 2. The summed E-state index contributed by atoms with van der Waals surface area (Å²) in [5.74, 6) is 0.748. The molecule has 0 saturated carbocycles. The van der Waals surface area contributed by atoms with Gasteiger partial charge in [-0.2, -0.15) is 0 Å². The van der Waals surface area contributed by atoms with Gasteiger partial charge in [-0.3, -0.25) is 9.88 Å². The van der Waals surface area contributed by atoms with Crippen LogP contribution in [0.5, 0.6) is 17.2 Å². The van der Waals surface area contributed by atoms with Gasteiger partial charge in [0.25, 0.3) is 7.37 Å². The summed E-state index contributed by atoms with van der Waals surface area (Å²) < 4.78 is 31.5. The van der Waals surface area contributed by atoms with Crippen LogP contribution in [0.4, 0.5) is 0 Å². The number of benzene rings is 3. The summed E-state index contributed by atoms with van der Waals surface area (Å²) in [7, 11) is -4.00. The number of aromatic hydroxyl groups is 1. The molecule has 0 spiro atoms. The number of ether oxygens (including phenoxy) is 3. The van der Waals surface area contributed by atoms with Crippen LogP contribution in [0.1, 0.15) is 37.3 Å². The van der Waals surface area contributed by atoms with Crippen molar-refractivity contribution in [1.82, 2.24) is 5.32 Å². The average Bonchev–Trinajstić information content (AvgIpc) is 2.96. The minimum atomic E-state index is -4.00. The van der Waals surface area contributed by atoms with Gasteiger partial charge in [-0.25, -0.2) is 0 Å². The highest BCUT2D eigenvalue weighted by atomic mass is 31.2. The van der Waals surface area contributed by atoms with Gasteiger partial charge in [0.1, 0.15) is 30.0 Å². The molecule has 218 valence electrons. The lowest BCUT2D eigenvalue weighted by molar-refractivity contribution is 0.0524. The minimum absolute atomic E-state index is 0.0360. The fraction of sp³-hybridized carbons (Fsp3) is 0.400. The second kappa shape index (κ2) is 15.8. The largest absolute Gasteiger partial charge is 0.508 e. The lowest BCUT2D eigenvalue weighted by atomic mass is 10.2. The third kappa shape index (κ3) is 9.34. The topological polar surface area (TPSA) is 138 Å². The summed E-state index contributed by atoms with van der Waals surface area (Å²) in [5, 5.41) is 32.8. The van der Waals surface area contributed by atoms with Gasteiger partial charge in [0.2, 0.25) is 5.47 Å². The molecule has 3 unspecified atom stereocenters. The first-order valence-corrected chi connectivity index (χ1v) is 15.3. The number of para-hydroxylation sites is 1. The highest BCUT2D eigenvalue weighted by Gasteiger charge is 2.49. The van der Waals surface area contributed by atoms with Crippen LogP contribution in [-0.2, 0) is 22.5 Å². The molecule has 0 aliphatic carbocycles. The van der Waals surface area contributed by atoms with Gasteiger partial charge in [0.15, 0.2) is 0 Å². The normalized spacial score (nSPS) is 15.1. The maximum absolute atomic E-state index is 13.9. The Morgan fingerprint density at radius 3 is 2.38 bits per heavy atom. The van der Waals surface area contributed by atoms with E-state index >= 15 is 0 Å². The summed E-state index contributed by atoms with van der Waals surface area (Å²) in [4.78, 5) is 11.4. The zero-order valence-electron chi connectivity index (χ0n) is 22.8. The molecule has 0 bridgehead atoms. The molecule has 3 aromatic rings. The van der Waals surface area contributed by atoms with E-state index in [1.54, 1.807) is 24.3 Å². The van der Waals surface area contributed by atoms with Crippen LogP contribution in [0.2, 0.25) is 0 Å². The van der Waals surface area contributed by atoms with E-state index < -0.39 is 18.9 Å².